The fraction of sp³-hybridized carbons (Fsp3) is 0.692. The van der Waals surface area contributed by atoms with E-state index in [9.17, 15) is 0 Å². The molecule has 0 amide bonds. The summed E-state index contributed by atoms with van der Waals surface area (Å²) in [5, 5.41) is 0. The maximum atomic E-state index is 2.65. The van der Waals surface area contributed by atoms with Gasteiger partial charge in [0.1, 0.15) is 0 Å². The molecule has 1 aliphatic rings. The van der Waals surface area contributed by atoms with Gasteiger partial charge in [-0.05, 0) is 44.9 Å². The molecule has 1 atom stereocenters. The zero-order chi connectivity index (χ0) is 10.5. The maximum Gasteiger partial charge on any atom is 0.0231 e. The van der Waals surface area contributed by atoms with E-state index in [-0.39, 0.29) is 0 Å². The summed E-state index contributed by atoms with van der Waals surface area (Å²) in [5.74, 6) is 0. The topological polar surface area (TPSA) is 8.17 Å². The predicted octanol–water partition coefficient (Wildman–Crippen LogP) is 2.75. The smallest absolute Gasteiger partial charge is 0.0231 e. The van der Waals surface area contributed by atoms with Gasteiger partial charge in [-0.15, -0.1) is 0 Å². The van der Waals surface area contributed by atoms with Gasteiger partial charge >= 0.3 is 0 Å². The Labute approximate surface area is 92.9 Å². The molecule has 1 aliphatic heterocycles. The molecule has 1 aromatic heterocycles. The monoisotopic (exact) mass is 206 g/mol. The molecule has 1 saturated heterocycles. The number of piperidine rings is 1. The highest BCUT2D eigenvalue weighted by molar-refractivity contribution is 4.90. The second kappa shape index (κ2) is 5.36. The van der Waals surface area contributed by atoms with Gasteiger partial charge in [0, 0.05) is 31.5 Å². The molecule has 2 nitrogen and oxygen atoms in total. The van der Waals surface area contributed by atoms with Crippen molar-refractivity contribution in [2.45, 2.75) is 45.2 Å². The van der Waals surface area contributed by atoms with Crippen molar-refractivity contribution < 1.29 is 0 Å². The van der Waals surface area contributed by atoms with E-state index in [1.807, 2.05) is 0 Å². The number of hydrogen-bond donors (Lipinski definition) is 0. The van der Waals surface area contributed by atoms with Crippen molar-refractivity contribution in [3.63, 3.8) is 0 Å². The second-order valence-electron chi connectivity index (χ2n) is 4.66. The molecule has 0 radical (unpaired) electrons. The molecule has 84 valence electrons. The Morgan fingerprint density at radius 2 is 1.93 bits per heavy atom. The number of nitrogens with zero attached hydrogens (tertiary/aromatic N) is 2. The summed E-state index contributed by atoms with van der Waals surface area (Å²) in [7, 11) is 0. The molecule has 0 aliphatic carbocycles. The number of aromatic nitrogens is 1. The zero-order valence-corrected chi connectivity index (χ0v) is 9.73. The molecule has 0 spiro atoms. The minimum absolute atomic E-state index is 0.809. The Hall–Kier alpha value is -0.760. The molecule has 2 rings (SSSR count). The van der Waals surface area contributed by atoms with Crippen molar-refractivity contribution >= 4 is 0 Å². The number of aryl methyl sites for hydroxylation is 1. The predicted molar refractivity (Wildman–Crippen MR) is 63.9 cm³/mol. The van der Waals surface area contributed by atoms with Crippen LogP contribution in [0.25, 0.3) is 0 Å². The molecule has 0 N–H and O–H groups in total. The summed E-state index contributed by atoms with van der Waals surface area (Å²) in [6.45, 7) is 6.11. The van der Waals surface area contributed by atoms with Gasteiger partial charge in [0.05, 0.1) is 0 Å². The third-order valence-electron chi connectivity index (χ3n) is 3.47. The lowest BCUT2D eigenvalue weighted by atomic mass is 10.0. The highest BCUT2D eigenvalue weighted by atomic mass is 15.2. The van der Waals surface area contributed by atoms with E-state index in [1.54, 1.807) is 0 Å². The average molecular weight is 206 g/mol. The Balaban J connectivity index is 1.68. The summed E-state index contributed by atoms with van der Waals surface area (Å²) in [6, 6.07) is 5.01. The second-order valence-corrected chi connectivity index (χ2v) is 4.66. The van der Waals surface area contributed by atoms with Gasteiger partial charge in [0.15, 0.2) is 0 Å². The normalized spacial score (nSPS) is 23.1. The van der Waals surface area contributed by atoms with Crippen LogP contribution in [0.4, 0.5) is 0 Å². The average Bonchev–Trinajstić information content (AvgIpc) is 2.74. The van der Waals surface area contributed by atoms with Crippen LogP contribution in [0.3, 0.4) is 0 Å². The number of likely N-dealkylation sites (tertiary alicyclic amines) is 1. The minimum Gasteiger partial charge on any atom is -0.354 e. The molecule has 2 heteroatoms. The van der Waals surface area contributed by atoms with Gasteiger partial charge in [-0.1, -0.05) is 6.42 Å². The van der Waals surface area contributed by atoms with E-state index in [2.05, 4.69) is 40.9 Å². The van der Waals surface area contributed by atoms with Crippen LogP contribution in [0.5, 0.6) is 0 Å². The molecule has 0 bridgehead atoms. The first-order valence-electron chi connectivity index (χ1n) is 6.21. The van der Waals surface area contributed by atoms with Crippen molar-refractivity contribution in [1.82, 2.24) is 9.47 Å². The zero-order valence-electron chi connectivity index (χ0n) is 9.73. The summed E-state index contributed by atoms with van der Waals surface area (Å²) in [6.07, 6.45) is 9.80. The largest absolute Gasteiger partial charge is 0.354 e. The van der Waals surface area contributed by atoms with Crippen LogP contribution >= 0.6 is 0 Å². The van der Waals surface area contributed by atoms with Crippen molar-refractivity contribution in [2.75, 3.05) is 13.1 Å². The summed E-state index contributed by atoms with van der Waals surface area (Å²) in [5.41, 5.74) is 0. The van der Waals surface area contributed by atoms with E-state index in [4.69, 9.17) is 0 Å². The fourth-order valence-electron chi connectivity index (χ4n) is 2.47. The fourth-order valence-corrected chi connectivity index (χ4v) is 2.47. The molecule has 1 aromatic rings. The van der Waals surface area contributed by atoms with Gasteiger partial charge < -0.3 is 9.47 Å². The highest BCUT2D eigenvalue weighted by Crippen LogP contribution is 2.16. The molecule has 0 saturated carbocycles. The molecular weight excluding hydrogens is 184 g/mol. The lowest BCUT2D eigenvalue weighted by Gasteiger charge is -2.33. The van der Waals surface area contributed by atoms with E-state index < -0.39 is 0 Å². The van der Waals surface area contributed by atoms with Crippen LogP contribution in [-0.4, -0.2) is 28.6 Å². The summed E-state index contributed by atoms with van der Waals surface area (Å²) >= 11 is 0. The van der Waals surface area contributed by atoms with Gasteiger partial charge in [-0.2, -0.15) is 0 Å². The molecule has 2 heterocycles. The first kappa shape index (κ1) is 10.7. The first-order chi connectivity index (χ1) is 7.36. The highest BCUT2D eigenvalue weighted by Gasteiger charge is 2.16. The van der Waals surface area contributed by atoms with Crippen molar-refractivity contribution in [3.05, 3.63) is 24.5 Å². The Morgan fingerprint density at radius 1 is 1.13 bits per heavy atom. The van der Waals surface area contributed by atoms with E-state index in [1.165, 1.54) is 38.8 Å². The van der Waals surface area contributed by atoms with Crippen molar-refractivity contribution in [3.8, 4) is 0 Å². The standard InChI is InChI=1S/C13H22N2/c1-13-7-2-3-11-15(13)12-6-10-14-8-4-5-9-14/h4-5,8-9,13H,2-3,6-7,10-12H2,1H3. The van der Waals surface area contributed by atoms with Gasteiger partial charge in [-0.25, -0.2) is 0 Å². The summed E-state index contributed by atoms with van der Waals surface area (Å²) in [4.78, 5) is 2.65. The quantitative estimate of drug-likeness (QED) is 0.735. The van der Waals surface area contributed by atoms with Crippen LogP contribution < -0.4 is 0 Å². The van der Waals surface area contributed by atoms with Crippen molar-refractivity contribution in [2.24, 2.45) is 0 Å². The minimum atomic E-state index is 0.809. The van der Waals surface area contributed by atoms with Crippen LogP contribution in [-0.2, 0) is 6.54 Å². The molecule has 15 heavy (non-hydrogen) atoms. The van der Waals surface area contributed by atoms with Crippen LogP contribution in [0.2, 0.25) is 0 Å². The molecule has 1 fully saturated rings. The van der Waals surface area contributed by atoms with E-state index in [0.29, 0.717) is 0 Å². The lowest BCUT2D eigenvalue weighted by molar-refractivity contribution is 0.157. The number of rotatable bonds is 4. The van der Waals surface area contributed by atoms with Crippen LogP contribution in [0, 0.1) is 0 Å². The van der Waals surface area contributed by atoms with Gasteiger partial charge in [0.2, 0.25) is 0 Å². The number of hydrogen-bond acceptors (Lipinski definition) is 1. The first-order valence-corrected chi connectivity index (χ1v) is 6.21. The molecule has 1 unspecified atom stereocenters. The Bertz CT molecular complexity index is 266. The van der Waals surface area contributed by atoms with E-state index in [0.717, 1.165) is 12.6 Å². The van der Waals surface area contributed by atoms with Crippen LogP contribution in [0.1, 0.15) is 32.6 Å². The van der Waals surface area contributed by atoms with E-state index >= 15 is 0 Å². The van der Waals surface area contributed by atoms with Gasteiger partial charge in [0.25, 0.3) is 0 Å². The Kier molecular flexibility index (Phi) is 3.84. The van der Waals surface area contributed by atoms with Crippen LogP contribution in [0.15, 0.2) is 24.5 Å². The lowest BCUT2D eigenvalue weighted by Crippen LogP contribution is -2.38. The summed E-state index contributed by atoms with van der Waals surface area (Å²) < 4.78 is 2.27. The maximum absolute atomic E-state index is 2.65. The molecular formula is C13H22N2. The molecule has 0 aromatic carbocycles. The Morgan fingerprint density at radius 3 is 2.67 bits per heavy atom. The third-order valence-corrected chi connectivity index (χ3v) is 3.47. The third kappa shape index (κ3) is 3.10. The SMILES string of the molecule is CC1CCCCN1CCCn1cccc1. The van der Waals surface area contributed by atoms with Gasteiger partial charge in [-0.3, -0.25) is 0 Å². The van der Waals surface area contributed by atoms with Crippen molar-refractivity contribution in [1.29, 1.82) is 0 Å².